The molecule has 1 aromatic carbocycles. The molecule has 7 heteroatoms. The molecule has 0 unspecified atom stereocenters. The number of nitrogens with one attached hydrogen (secondary N) is 1. The highest BCUT2D eigenvalue weighted by molar-refractivity contribution is 7.13. The number of halogens is 3. The molecule has 0 spiro atoms. The Kier molecular flexibility index (Phi) is 5.65. The zero-order chi connectivity index (χ0) is 18.7. The molecule has 0 saturated heterocycles. The number of thiazole rings is 1. The van der Waals surface area contributed by atoms with Crippen LogP contribution in [0.4, 0.5) is 13.2 Å². The van der Waals surface area contributed by atoms with Gasteiger partial charge in [-0.05, 0) is 26.2 Å². The van der Waals surface area contributed by atoms with Gasteiger partial charge < -0.3 is 5.32 Å². The molecule has 1 N–H and O–H groups in total. The largest absolute Gasteiger partial charge is 0.391 e. The van der Waals surface area contributed by atoms with Crippen LogP contribution in [0, 0.1) is 12.8 Å². The molecule has 3 rings (SSSR count). The van der Waals surface area contributed by atoms with Crippen molar-refractivity contribution >= 4 is 17.2 Å². The van der Waals surface area contributed by atoms with Gasteiger partial charge in [0.25, 0.3) is 0 Å². The summed E-state index contributed by atoms with van der Waals surface area (Å²) in [4.78, 5) is 16.7. The van der Waals surface area contributed by atoms with Gasteiger partial charge in [-0.15, -0.1) is 11.3 Å². The molecule has 26 heavy (non-hydrogen) atoms. The van der Waals surface area contributed by atoms with Crippen molar-refractivity contribution in [2.45, 2.75) is 51.2 Å². The molecule has 140 valence electrons. The van der Waals surface area contributed by atoms with Crippen LogP contribution in [-0.4, -0.2) is 23.1 Å². The van der Waals surface area contributed by atoms with Gasteiger partial charge in [-0.2, -0.15) is 13.2 Å². The van der Waals surface area contributed by atoms with Gasteiger partial charge in [0.05, 0.1) is 18.0 Å². The lowest BCUT2D eigenvalue weighted by Crippen LogP contribution is -2.42. The van der Waals surface area contributed by atoms with Gasteiger partial charge in [0.1, 0.15) is 5.01 Å². The summed E-state index contributed by atoms with van der Waals surface area (Å²) in [6.45, 7) is 2.01. The van der Waals surface area contributed by atoms with Gasteiger partial charge in [-0.3, -0.25) is 4.79 Å². The maximum Gasteiger partial charge on any atom is 0.391 e. The van der Waals surface area contributed by atoms with Gasteiger partial charge >= 0.3 is 6.18 Å². The van der Waals surface area contributed by atoms with Gasteiger partial charge in [0.15, 0.2) is 0 Å². The van der Waals surface area contributed by atoms with E-state index >= 15 is 0 Å². The first-order valence-electron chi connectivity index (χ1n) is 8.69. The molecule has 1 amide bonds. The fourth-order valence-electron chi connectivity index (χ4n) is 3.28. The Hall–Kier alpha value is -1.89. The molecule has 0 bridgehead atoms. The predicted molar refractivity (Wildman–Crippen MR) is 95.9 cm³/mol. The number of carbonyl (C=O) groups is 1. The Morgan fingerprint density at radius 2 is 2.00 bits per heavy atom. The van der Waals surface area contributed by atoms with Crippen molar-refractivity contribution in [2.24, 2.45) is 5.92 Å². The minimum absolute atomic E-state index is 0.0269. The van der Waals surface area contributed by atoms with E-state index in [9.17, 15) is 18.0 Å². The molecule has 3 nitrogen and oxygen atoms in total. The van der Waals surface area contributed by atoms with Crippen LogP contribution in [-0.2, 0) is 11.2 Å². The first kappa shape index (κ1) is 18.9. The minimum Gasteiger partial charge on any atom is -0.353 e. The molecule has 2 aromatic rings. The van der Waals surface area contributed by atoms with Crippen molar-refractivity contribution < 1.29 is 18.0 Å². The van der Waals surface area contributed by atoms with Crippen LogP contribution >= 0.6 is 11.3 Å². The van der Waals surface area contributed by atoms with E-state index in [1.165, 1.54) is 11.3 Å². The van der Waals surface area contributed by atoms with Crippen LogP contribution in [0.5, 0.6) is 0 Å². The van der Waals surface area contributed by atoms with Crippen molar-refractivity contribution in [1.82, 2.24) is 10.3 Å². The molecule has 0 radical (unpaired) electrons. The monoisotopic (exact) mass is 382 g/mol. The average molecular weight is 382 g/mol. The fraction of sp³-hybridized carbons (Fsp3) is 0.474. The van der Waals surface area contributed by atoms with Gasteiger partial charge in [-0.25, -0.2) is 4.98 Å². The zero-order valence-electron chi connectivity index (χ0n) is 14.5. The second kappa shape index (κ2) is 7.78. The quantitative estimate of drug-likeness (QED) is 0.817. The van der Waals surface area contributed by atoms with Crippen molar-refractivity contribution in [1.29, 1.82) is 0 Å². The Bertz CT molecular complexity index is 755. The summed E-state index contributed by atoms with van der Waals surface area (Å²) in [5.74, 6) is -1.58. The van der Waals surface area contributed by atoms with E-state index in [2.05, 4.69) is 10.3 Å². The number of aryl methyl sites for hydroxylation is 1. The smallest absolute Gasteiger partial charge is 0.353 e. The molecule has 2 atom stereocenters. The summed E-state index contributed by atoms with van der Waals surface area (Å²) in [7, 11) is 0. The highest BCUT2D eigenvalue weighted by Crippen LogP contribution is 2.37. The van der Waals surface area contributed by atoms with Crippen LogP contribution in [0.3, 0.4) is 0 Å². The lowest BCUT2D eigenvalue weighted by Gasteiger charge is -2.31. The number of amides is 1. The summed E-state index contributed by atoms with van der Waals surface area (Å²) in [6, 6.07) is 7.57. The SMILES string of the molecule is Cc1ccc(-c2nc(CC(=O)N[C@H]3CCC[C@H](C(F)(F)F)C3)cs2)cc1. The highest BCUT2D eigenvalue weighted by Gasteiger charge is 2.42. The average Bonchev–Trinajstić information content (AvgIpc) is 3.03. The van der Waals surface area contributed by atoms with E-state index in [0.717, 1.165) is 16.1 Å². The van der Waals surface area contributed by atoms with Crippen molar-refractivity contribution in [3.8, 4) is 10.6 Å². The van der Waals surface area contributed by atoms with E-state index in [0.29, 0.717) is 18.5 Å². The summed E-state index contributed by atoms with van der Waals surface area (Å²) in [6.07, 6.45) is -2.87. The first-order valence-corrected chi connectivity index (χ1v) is 9.57. The first-order chi connectivity index (χ1) is 12.3. The highest BCUT2D eigenvalue weighted by atomic mass is 32.1. The lowest BCUT2D eigenvalue weighted by molar-refractivity contribution is -0.184. The van der Waals surface area contributed by atoms with Crippen LogP contribution in [0.1, 0.15) is 36.9 Å². The molecule has 1 aromatic heterocycles. The number of alkyl halides is 3. The van der Waals surface area contributed by atoms with Crippen molar-refractivity contribution in [3.05, 3.63) is 40.9 Å². The molecule has 1 heterocycles. The normalized spacial score (nSPS) is 20.8. The Morgan fingerprint density at radius 3 is 2.69 bits per heavy atom. The Balaban J connectivity index is 1.56. The third kappa shape index (κ3) is 4.84. The topological polar surface area (TPSA) is 42.0 Å². The number of hydrogen-bond acceptors (Lipinski definition) is 3. The summed E-state index contributed by atoms with van der Waals surface area (Å²) >= 11 is 1.46. The van der Waals surface area contributed by atoms with Gasteiger partial charge in [0, 0.05) is 17.0 Å². The molecule has 1 aliphatic rings. The van der Waals surface area contributed by atoms with E-state index in [1.807, 2.05) is 36.6 Å². The zero-order valence-corrected chi connectivity index (χ0v) is 15.3. The fourth-order valence-corrected chi connectivity index (χ4v) is 4.10. The number of aromatic nitrogens is 1. The van der Waals surface area contributed by atoms with E-state index in [1.54, 1.807) is 0 Å². The summed E-state index contributed by atoms with van der Waals surface area (Å²) in [5, 5.41) is 5.41. The molecule has 1 saturated carbocycles. The van der Waals surface area contributed by atoms with Crippen LogP contribution in [0.15, 0.2) is 29.6 Å². The maximum absolute atomic E-state index is 12.9. The number of carbonyl (C=O) groups excluding carboxylic acids is 1. The second-order valence-electron chi connectivity index (χ2n) is 6.86. The van der Waals surface area contributed by atoms with E-state index < -0.39 is 18.1 Å². The van der Waals surface area contributed by atoms with E-state index in [-0.39, 0.29) is 25.2 Å². The number of rotatable bonds is 4. The van der Waals surface area contributed by atoms with Crippen LogP contribution in [0.25, 0.3) is 10.6 Å². The standard InChI is InChI=1S/C19H21F3N2OS/c1-12-5-7-13(8-6-12)18-24-16(11-26-18)10-17(25)23-15-4-2-3-14(9-15)19(20,21)22/h5-8,11,14-15H,2-4,9-10H2,1H3,(H,23,25)/t14-,15-/m0/s1. The van der Waals surface area contributed by atoms with Gasteiger partial charge in [-0.1, -0.05) is 36.2 Å². The molecule has 1 fully saturated rings. The van der Waals surface area contributed by atoms with Crippen LogP contribution < -0.4 is 5.32 Å². The second-order valence-corrected chi connectivity index (χ2v) is 7.71. The number of benzene rings is 1. The number of nitrogens with zero attached hydrogens (tertiary/aromatic N) is 1. The van der Waals surface area contributed by atoms with E-state index in [4.69, 9.17) is 0 Å². The third-order valence-electron chi connectivity index (χ3n) is 4.69. The van der Waals surface area contributed by atoms with Crippen molar-refractivity contribution in [2.75, 3.05) is 0 Å². The number of hydrogen-bond donors (Lipinski definition) is 1. The van der Waals surface area contributed by atoms with Crippen LogP contribution in [0.2, 0.25) is 0 Å². The molecular formula is C19H21F3N2OS. The third-order valence-corrected chi connectivity index (χ3v) is 5.63. The molecular weight excluding hydrogens is 361 g/mol. The minimum atomic E-state index is -4.18. The molecule has 1 aliphatic carbocycles. The Morgan fingerprint density at radius 1 is 1.27 bits per heavy atom. The summed E-state index contributed by atoms with van der Waals surface area (Å²) < 4.78 is 38.6. The molecule has 0 aliphatic heterocycles. The predicted octanol–water partition coefficient (Wildman–Crippen LogP) is 4.90. The maximum atomic E-state index is 12.9. The lowest BCUT2D eigenvalue weighted by atomic mass is 9.85. The Labute approximate surface area is 154 Å². The summed E-state index contributed by atoms with van der Waals surface area (Å²) in [5.41, 5.74) is 2.80. The van der Waals surface area contributed by atoms with Gasteiger partial charge in [0.2, 0.25) is 5.91 Å². The van der Waals surface area contributed by atoms with Crippen molar-refractivity contribution in [3.63, 3.8) is 0 Å².